The Bertz CT molecular complexity index is 597. The van der Waals surface area contributed by atoms with Crippen LogP contribution >= 0.6 is 0 Å². The lowest BCUT2D eigenvalue weighted by Crippen LogP contribution is -2.19. The van der Waals surface area contributed by atoms with Crippen molar-refractivity contribution < 1.29 is 4.92 Å². The van der Waals surface area contributed by atoms with Crippen molar-refractivity contribution >= 4 is 5.69 Å². The van der Waals surface area contributed by atoms with E-state index in [1.54, 1.807) is 12.1 Å². The van der Waals surface area contributed by atoms with Gasteiger partial charge in [0, 0.05) is 18.2 Å². The molecular weight excluding hydrogens is 252 g/mol. The van der Waals surface area contributed by atoms with E-state index in [1.165, 1.54) is 5.56 Å². The van der Waals surface area contributed by atoms with E-state index in [2.05, 4.69) is 17.4 Å². The number of non-ortho nitro benzene ring substituents is 1. The third kappa shape index (κ3) is 3.22. The summed E-state index contributed by atoms with van der Waals surface area (Å²) in [6.45, 7) is 1.92. The van der Waals surface area contributed by atoms with Gasteiger partial charge in [0.15, 0.2) is 0 Å². The van der Waals surface area contributed by atoms with Crippen LogP contribution in [0.15, 0.2) is 48.5 Å². The molecule has 0 amide bonds. The van der Waals surface area contributed by atoms with Crippen molar-refractivity contribution in [3.63, 3.8) is 0 Å². The molecule has 20 heavy (non-hydrogen) atoms. The largest absolute Gasteiger partial charge is 0.313 e. The molecule has 1 atom stereocenters. The van der Waals surface area contributed by atoms with Gasteiger partial charge in [-0.2, -0.15) is 0 Å². The monoisotopic (exact) mass is 270 g/mol. The highest BCUT2D eigenvalue weighted by Crippen LogP contribution is 2.23. The Morgan fingerprint density at radius 1 is 1.20 bits per heavy atom. The fraction of sp³-hybridized carbons (Fsp3) is 0.250. The number of aryl methyl sites for hydroxylation is 1. The van der Waals surface area contributed by atoms with E-state index in [0.29, 0.717) is 0 Å². The third-order valence-electron chi connectivity index (χ3n) is 3.51. The van der Waals surface area contributed by atoms with Gasteiger partial charge in [0.05, 0.1) is 4.92 Å². The number of nitrogens with zero attached hydrogens (tertiary/aromatic N) is 1. The molecule has 0 aromatic heterocycles. The highest BCUT2D eigenvalue weighted by atomic mass is 16.6. The minimum absolute atomic E-state index is 0.145. The Balaban J connectivity index is 2.22. The first kappa shape index (κ1) is 14.2. The van der Waals surface area contributed by atoms with E-state index in [1.807, 2.05) is 38.2 Å². The van der Waals surface area contributed by atoms with Crippen LogP contribution in [0.1, 0.15) is 22.7 Å². The van der Waals surface area contributed by atoms with Crippen LogP contribution in [0, 0.1) is 17.0 Å². The van der Waals surface area contributed by atoms with Crippen LogP contribution in [0.2, 0.25) is 0 Å². The third-order valence-corrected chi connectivity index (χ3v) is 3.51. The number of benzene rings is 2. The van der Waals surface area contributed by atoms with Crippen LogP contribution < -0.4 is 5.32 Å². The van der Waals surface area contributed by atoms with E-state index >= 15 is 0 Å². The van der Waals surface area contributed by atoms with Crippen LogP contribution in [0.3, 0.4) is 0 Å². The average Bonchev–Trinajstić information content (AvgIpc) is 2.46. The quantitative estimate of drug-likeness (QED) is 0.669. The second-order valence-corrected chi connectivity index (χ2v) is 4.82. The van der Waals surface area contributed by atoms with Gasteiger partial charge < -0.3 is 5.32 Å². The van der Waals surface area contributed by atoms with E-state index in [9.17, 15) is 10.1 Å². The van der Waals surface area contributed by atoms with E-state index in [4.69, 9.17) is 0 Å². The number of hydrogen-bond donors (Lipinski definition) is 1. The molecular formula is C16H18N2O2. The first-order valence-corrected chi connectivity index (χ1v) is 6.58. The summed E-state index contributed by atoms with van der Waals surface area (Å²) in [6, 6.07) is 15.5. The van der Waals surface area contributed by atoms with Crippen molar-refractivity contribution in [3.8, 4) is 0 Å². The maximum atomic E-state index is 10.8. The zero-order valence-electron chi connectivity index (χ0n) is 11.7. The molecule has 0 bridgehead atoms. The molecule has 104 valence electrons. The summed E-state index contributed by atoms with van der Waals surface area (Å²) in [6.07, 6.45) is 0.810. The normalized spacial score (nSPS) is 12.1. The van der Waals surface area contributed by atoms with E-state index in [0.717, 1.165) is 17.5 Å². The maximum Gasteiger partial charge on any atom is 0.269 e. The Morgan fingerprint density at radius 3 is 2.45 bits per heavy atom. The lowest BCUT2D eigenvalue weighted by atomic mass is 9.96. The van der Waals surface area contributed by atoms with Gasteiger partial charge in [0.25, 0.3) is 5.69 Å². The minimum atomic E-state index is -0.358. The molecule has 1 unspecified atom stereocenters. The summed E-state index contributed by atoms with van der Waals surface area (Å²) < 4.78 is 0. The number of nitro benzene ring substituents is 1. The average molecular weight is 270 g/mol. The number of hydrogen-bond acceptors (Lipinski definition) is 3. The van der Waals surface area contributed by atoms with Crippen molar-refractivity contribution in [1.29, 1.82) is 0 Å². The van der Waals surface area contributed by atoms with Crippen LogP contribution in [-0.4, -0.2) is 12.0 Å². The molecule has 0 saturated heterocycles. The zero-order valence-corrected chi connectivity index (χ0v) is 11.7. The minimum Gasteiger partial charge on any atom is -0.313 e. The molecule has 0 saturated carbocycles. The molecule has 1 N–H and O–H groups in total. The number of nitro groups is 1. The summed E-state index contributed by atoms with van der Waals surface area (Å²) in [7, 11) is 1.93. The molecule has 2 rings (SSSR count). The molecule has 0 aliphatic carbocycles. The first-order chi connectivity index (χ1) is 9.61. The van der Waals surface area contributed by atoms with Gasteiger partial charge in [0.2, 0.25) is 0 Å². The number of rotatable bonds is 5. The van der Waals surface area contributed by atoms with Gasteiger partial charge >= 0.3 is 0 Å². The van der Waals surface area contributed by atoms with Gasteiger partial charge in [-0.05, 0) is 37.1 Å². The lowest BCUT2D eigenvalue weighted by molar-refractivity contribution is -0.384. The van der Waals surface area contributed by atoms with Gasteiger partial charge in [-0.15, -0.1) is 0 Å². The summed E-state index contributed by atoms with van der Waals surface area (Å²) in [5.41, 5.74) is 3.44. The van der Waals surface area contributed by atoms with Crippen molar-refractivity contribution in [2.24, 2.45) is 0 Å². The Kier molecular flexibility index (Phi) is 4.48. The molecule has 4 heteroatoms. The first-order valence-electron chi connectivity index (χ1n) is 6.58. The van der Waals surface area contributed by atoms with Crippen LogP contribution in [0.5, 0.6) is 0 Å². The van der Waals surface area contributed by atoms with Gasteiger partial charge in [-0.25, -0.2) is 0 Å². The summed E-state index contributed by atoms with van der Waals surface area (Å²) in [5.74, 6) is 0. The van der Waals surface area contributed by atoms with Gasteiger partial charge in [-0.3, -0.25) is 10.1 Å². The summed E-state index contributed by atoms with van der Waals surface area (Å²) >= 11 is 0. The molecule has 4 nitrogen and oxygen atoms in total. The fourth-order valence-corrected chi connectivity index (χ4v) is 2.31. The SMILES string of the molecule is CNC(Cc1ccc([N+](=O)[O-])cc1C)c1ccccc1. The van der Waals surface area contributed by atoms with Crippen molar-refractivity contribution in [2.75, 3.05) is 7.05 Å². The smallest absolute Gasteiger partial charge is 0.269 e. The second-order valence-electron chi connectivity index (χ2n) is 4.82. The van der Waals surface area contributed by atoms with Crippen molar-refractivity contribution in [2.45, 2.75) is 19.4 Å². The lowest BCUT2D eigenvalue weighted by Gasteiger charge is -2.18. The molecule has 0 radical (unpaired) electrons. The molecule has 0 heterocycles. The fourth-order valence-electron chi connectivity index (χ4n) is 2.31. The standard InChI is InChI=1S/C16H18N2O2/c1-12-10-15(18(19)20)9-8-14(12)11-16(17-2)13-6-4-3-5-7-13/h3-10,16-17H,11H2,1-2H3. The Morgan fingerprint density at radius 2 is 1.90 bits per heavy atom. The Labute approximate surface area is 118 Å². The highest BCUT2D eigenvalue weighted by Gasteiger charge is 2.13. The zero-order chi connectivity index (χ0) is 14.5. The van der Waals surface area contributed by atoms with Crippen molar-refractivity contribution in [3.05, 3.63) is 75.3 Å². The predicted octanol–water partition coefficient (Wildman–Crippen LogP) is 3.41. The molecule has 0 spiro atoms. The molecule has 0 fully saturated rings. The number of nitrogens with one attached hydrogen (secondary N) is 1. The summed E-state index contributed by atoms with van der Waals surface area (Å²) in [5, 5.41) is 14.1. The molecule has 2 aromatic carbocycles. The summed E-state index contributed by atoms with van der Waals surface area (Å²) in [4.78, 5) is 10.4. The van der Waals surface area contributed by atoms with Gasteiger partial charge in [-0.1, -0.05) is 36.4 Å². The Hall–Kier alpha value is -2.20. The molecule has 0 aliphatic heterocycles. The predicted molar refractivity (Wildman–Crippen MR) is 79.8 cm³/mol. The highest BCUT2D eigenvalue weighted by molar-refractivity contribution is 5.40. The molecule has 0 aliphatic rings. The topological polar surface area (TPSA) is 55.2 Å². The van der Waals surface area contributed by atoms with Crippen LogP contribution in [-0.2, 0) is 6.42 Å². The van der Waals surface area contributed by atoms with Crippen LogP contribution in [0.25, 0.3) is 0 Å². The van der Waals surface area contributed by atoms with E-state index in [-0.39, 0.29) is 16.7 Å². The van der Waals surface area contributed by atoms with Gasteiger partial charge in [0.1, 0.15) is 0 Å². The maximum absolute atomic E-state index is 10.8. The van der Waals surface area contributed by atoms with E-state index < -0.39 is 0 Å². The molecule has 2 aromatic rings. The number of likely N-dealkylation sites (N-methyl/N-ethyl adjacent to an activating group) is 1. The van der Waals surface area contributed by atoms with Crippen molar-refractivity contribution in [1.82, 2.24) is 5.32 Å². The second kappa shape index (κ2) is 6.30. The van der Waals surface area contributed by atoms with Crippen LogP contribution in [0.4, 0.5) is 5.69 Å².